The van der Waals surface area contributed by atoms with Crippen molar-refractivity contribution in [2.75, 3.05) is 13.7 Å². The molecule has 1 fully saturated rings. The van der Waals surface area contributed by atoms with Crippen LogP contribution < -0.4 is 9.47 Å². The molecular formula is C14H17F2NO4. The summed E-state index contributed by atoms with van der Waals surface area (Å²) in [5, 5.41) is 8.84. The Labute approximate surface area is 120 Å². The lowest BCUT2D eigenvalue weighted by atomic mass is 9.72. The number of hydrogen-bond donors (Lipinski definition) is 1. The van der Waals surface area contributed by atoms with Crippen LogP contribution in [0.2, 0.25) is 0 Å². The van der Waals surface area contributed by atoms with Crippen LogP contribution in [0.5, 0.6) is 11.5 Å². The van der Waals surface area contributed by atoms with E-state index in [2.05, 4.69) is 4.98 Å². The van der Waals surface area contributed by atoms with E-state index in [0.717, 1.165) is 6.92 Å². The first-order valence-electron chi connectivity index (χ1n) is 6.59. The predicted octanol–water partition coefficient (Wildman–Crippen LogP) is 2.85. The van der Waals surface area contributed by atoms with E-state index in [-0.39, 0.29) is 24.0 Å². The van der Waals surface area contributed by atoms with Gasteiger partial charge in [0.25, 0.3) is 0 Å². The number of rotatable bonds is 6. The Morgan fingerprint density at radius 3 is 2.67 bits per heavy atom. The van der Waals surface area contributed by atoms with Crippen LogP contribution in [0.25, 0.3) is 0 Å². The van der Waals surface area contributed by atoms with E-state index < -0.39 is 17.8 Å². The molecule has 0 radical (unpaired) electrons. The van der Waals surface area contributed by atoms with E-state index in [4.69, 9.17) is 14.6 Å². The maximum absolute atomic E-state index is 13.0. The summed E-state index contributed by atoms with van der Waals surface area (Å²) in [4.78, 5) is 14.5. The maximum atomic E-state index is 13.0. The van der Waals surface area contributed by atoms with Crippen molar-refractivity contribution in [1.29, 1.82) is 0 Å². The topological polar surface area (TPSA) is 68.7 Å². The Bertz CT molecular complexity index is 524. The van der Waals surface area contributed by atoms with Crippen LogP contribution in [0.3, 0.4) is 0 Å². The number of pyridine rings is 1. The van der Waals surface area contributed by atoms with Crippen LogP contribution in [-0.4, -0.2) is 35.7 Å². The second kappa shape index (κ2) is 5.83. The number of aromatic carboxylic acids is 1. The number of nitrogens with zero attached hydrogens (tertiary/aromatic N) is 1. The summed E-state index contributed by atoms with van der Waals surface area (Å²) in [7, 11) is 1.39. The molecule has 2 rings (SSSR count). The van der Waals surface area contributed by atoms with E-state index in [1.807, 2.05) is 0 Å². The monoisotopic (exact) mass is 301 g/mol. The molecule has 0 saturated heterocycles. The molecule has 7 heteroatoms. The molecule has 1 aromatic heterocycles. The number of carbonyl (C=O) groups is 1. The molecule has 1 aliphatic rings. The zero-order chi connectivity index (χ0) is 15.6. The molecule has 0 aliphatic heterocycles. The lowest BCUT2D eigenvalue weighted by molar-refractivity contribution is -0.0956. The number of halogens is 2. The van der Waals surface area contributed by atoms with Crippen molar-refractivity contribution in [2.45, 2.75) is 25.7 Å². The minimum absolute atomic E-state index is 0.0738. The van der Waals surface area contributed by atoms with Crippen molar-refractivity contribution >= 4 is 5.97 Å². The Morgan fingerprint density at radius 2 is 2.14 bits per heavy atom. The lowest BCUT2D eigenvalue weighted by Crippen LogP contribution is -2.38. The molecular weight excluding hydrogens is 284 g/mol. The molecule has 5 nitrogen and oxygen atoms in total. The van der Waals surface area contributed by atoms with Crippen LogP contribution >= 0.6 is 0 Å². The average Bonchev–Trinajstić information content (AvgIpc) is 2.35. The molecule has 0 amide bonds. The summed E-state index contributed by atoms with van der Waals surface area (Å²) >= 11 is 0. The first-order chi connectivity index (χ1) is 9.81. The van der Waals surface area contributed by atoms with Crippen LogP contribution in [0.15, 0.2) is 12.3 Å². The third kappa shape index (κ3) is 3.59. The summed E-state index contributed by atoms with van der Waals surface area (Å²) in [6.07, 6.45) is 2.12. The highest BCUT2D eigenvalue weighted by molar-refractivity contribution is 5.86. The van der Waals surface area contributed by atoms with Gasteiger partial charge in [0, 0.05) is 12.0 Å². The SMILES string of the molecule is COc1cc(C(=O)O)ncc1OCC1CC(C(C)(F)F)C1. The van der Waals surface area contributed by atoms with E-state index in [9.17, 15) is 13.6 Å². The van der Waals surface area contributed by atoms with Gasteiger partial charge in [0.15, 0.2) is 17.2 Å². The van der Waals surface area contributed by atoms with Crippen molar-refractivity contribution in [1.82, 2.24) is 4.98 Å². The van der Waals surface area contributed by atoms with Crippen LogP contribution in [0.4, 0.5) is 8.78 Å². The number of methoxy groups -OCH3 is 1. The van der Waals surface area contributed by atoms with Gasteiger partial charge < -0.3 is 14.6 Å². The third-order valence-corrected chi connectivity index (χ3v) is 3.70. The van der Waals surface area contributed by atoms with Gasteiger partial charge in [0.05, 0.1) is 19.9 Å². The van der Waals surface area contributed by atoms with E-state index in [1.54, 1.807) is 0 Å². The molecule has 116 valence electrons. The standard InChI is InChI=1S/C14H17F2NO4/c1-14(15,16)9-3-8(4-9)7-21-12-6-17-10(13(18)19)5-11(12)20-2/h5-6,8-9H,3-4,7H2,1-2H3,(H,18,19). The number of aromatic nitrogens is 1. The van der Waals surface area contributed by atoms with Crippen LogP contribution in [-0.2, 0) is 0 Å². The number of ether oxygens (including phenoxy) is 2. The van der Waals surface area contributed by atoms with Crippen molar-refractivity contribution in [3.63, 3.8) is 0 Å². The van der Waals surface area contributed by atoms with Gasteiger partial charge in [-0.05, 0) is 25.7 Å². The largest absolute Gasteiger partial charge is 0.493 e. The third-order valence-electron chi connectivity index (χ3n) is 3.70. The summed E-state index contributed by atoms with van der Waals surface area (Å²) in [5.41, 5.74) is -0.145. The zero-order valence-corrected chi connectivity index (χ0v) is 11.8. The number of alkyl halides is 2. The van der Waals surface area contributed by atoms with Gasteiger partial charge in [-0.3, -0.25) is 0 Å². The molecule has 1 aromatic rings. The van der Waals surface area contributed by atoms with Crippen molar-refractivity contribution in [3.05, 3.63) is 18.0 Å². The van der Waals surface area contributed by atoms with Gasteiger partial charge in [-0.25, -0.2) is 18.6 Å². The molecule has 0 bridgehead atoms. The molecule has 1 saturated carbocycles. The van der Waals surface area contributed by atoms with Crippen molar-refractivity contribution in [2.24, 2.45) is 11.8 Å². The molecule has 1 aliphatic carbocycles. The van der Waals surface area contributed by atoms with Crippen molar-refractivity contribution in [3.8, 4) is 11.5 Å². The average molecular weight is 301 g/mol. The van der Waals surface area contributed by atoms with Gasteiger partial charge in [-0.2, -0.15) is 0 Å². The minimum atomic E-state index is -2.64. The molecule has 0 unspecified atom stereocenters. The zero-order valence-electron chi connectivity index (χ0n) is 11.8. The molecule has 1 N–H and O–H groups in total. The summed E-state index contributed by atoms with van der Waals surface area (Å²) < 4.78 is 36.6. The molecule has 1 heterocycles. The Balaban J connectivity index is 1.91. The van der Waals surface area contributed by atoms with Crippen LogP contribution in [0.1, 0.15) is 30.3 Å². The number of carboxylic acid groups (broad SMARTS) is 1. The fraction of sp³-hybridized carbons (Fsp3) is 0.571. The van der Waals surface area contributed by atoms with Crippen LogP contribution in [0, 0.1) is 11.8 Å². The van der Waals surface area contributed by atoms with Gasteiger partial charge in [-0.15, -0.1) is 0 Å². The first kappa shape index (κ1) is 15.5. The minimum Gasteiger partial charge on any atom is -0.493 e. The highest BCUT2D eigenvalue weighted by atomic mass is 19.3. The first-order valence-corrected chi connectivity index (χ1v) is 6.59. The molecule has 21 heavy (non-hydrogen) atoms. The second-order valence-corrected chi connectivity index (χ2v) is 5.33. The highest BCUT2D eigenvalue weighted by Gasteiger charge is 2.43. The normalized spacial score (nSPS) is 21.5. The Kier molecular flexibility index (Phi) is 4.29. The quantitative estimate of drug-likeness (QED) is 0.875. The fourth-order valence-corrected chi connectivity index (χ4v) is 2.30. The lowest BCUT2D eigenvalue weighted by Gasteiger charge is -2.38. The van der Waals surface area contributed by atoms with Gasteiger partial charge in [-0.1, -0.05) is 0 Å². The van der Waals surface area contributed by atoms with E-state index >= 15 is 0 Å². The van der Waals surface area contributed by atoms with Gasteiger partial charge in [0.2, 0.25) is 5.92 Å². The van der Waals surface area contributed by atoms with E-state index in [1.165, 1.54) is 19.4 Å². The number of hydrogen-bond acceptors (Lipinski definition) is 4. The summed E-state index contributed by atoms with van der Waals surface area (Å²) in [6, 6.07) is 1.27. The molecule has 0 atom stereocenters. The molecule has 0 spiro atoms. The summed E-state index contributed by atoms with van der Waals surface area (Å²) in [6.45, 7) is 1.23. The Hall–Kier alpha value is -1.92. The van der Waals surface area contributed by atoms with Crippen molar-refractivity contribution < 1.29 is 28.2 Å². The Morgan fingerprint density at radius 1 is 1.48 bits per heavy atom. The highest BCUT2D eigenvalue weighted by Crippen LogP contribution is 2.44. The van der Waals surface area contributed by atoms with Gasteiger partial charge >= 0.3 is 5.97 Å². The second-order valence-electron chi connectivity index (χ2n) is 5.33. The summed E-state index contributed by atoms with van der Waals surface area (Å²) in [5.74, 6) is -3.73. The van der Waals surface area contributed by atoms with Gasteiger partial charge in [0.1, 0.15) is 0 Å². The molecule has 0 aromatic carbocycles. The predicted molar refractivity (Wildman–Crippen MR) is 70.1 cm³/mol. The fourth-order valence-electron chi connectivity index (χ4n) is 2.30. The number of carboxylic acids is 1. The van der Waals surface area contributed by atoms with E-state index in [0.29, 0.717) is 18.6 Å². The smallest absolute Gasteiger partial charge is 0.354 e. The maximum Gasteiger partial charge on any atom is 0.354 e.